The van der Waals surface area contributed by atoms with E-state index in [0.717, 1.165) is 0 Å². The molecule has 8 heteroatoms. The van der Waals surface area contributed by atoms with E-state index >= 15 is 0 Å². The number of anilines is 1. The first-order valence-corrected chi connectivity index (χ1v) is 6.58. The minimum Gasteiger partial charge on any atom is -0.453 e. The Kier molecular flexibility index (Phi) is 3.63. The van der Waals surface area contributed by atoms with E-state index in [4.69, 9.17) is 4.42 Å². The van der Waals surface area contributed by atoms with Crippen LogP contribution in [0.3, 0.4) is 0 Å². The quantitative estimate of drug-likeness (QED) is 0.585. The highest BCUT2D eigenvalue weighted by molar-refractivity contribution is 5.91. The Morgan fingerprint density at radius 1 is 1.30 bits per heavy atom. The summed E-state index contributed by atoms with van der Waals surface area (Å²) in [7, 11) is 1.26. The number of ether oxygens (including phenoxy) is 1. The lowest BCUT2D eigenvalue weighted by Gasteiger charge is -2.07. The average Bonchev–Trinajstić information content (AvgIpc) is 2.98. The van der Waals surface area contributed by atoms with E-state index in [1.54, 1.807) is 24.3 Å². The Hall–Kier alpha value is -3.42. The summed E-state index contributed by atoms with van der Waals surface area (Å²) in [6, 6.07) is 11.1. The summed E-state index contributed by atoms with van der Waals surface area (Å²) < 4.78 is 10.2. The fourth-order valence-electron chi connectivity index (χ4n) is 2.08. The maximum Gasteiger partial charge on any atom is 0.411 e. The van der Waals surface area contributed by atoms with Crippen molar-refractivity contribution in [2.75, 3.05) is 12.4 Å². The molecule has 1 N–H and O–H groups in total. The molecule has 23 heavy (non-hydrogen) atoms. The molecule has 0 unspecified atom stereocenters. The molecule has 3 aromatic rings. The average molecular weight is 313 g/mol. The normalized spacial score (nSPS) is 10.5. The number of para-hydroxylation sites is 1. The predicted molar refractivity (Wildman–Crippen MR) is 82.1 cm³/mol. The van der Waals surface area contributed by atoms with Crippen LogP contribution in [0.25, 0.3) is 22.6 Å². The zero-order valence-electron chi connectivity index (χ0n) is 12.0. The highest BCUT2D eigenvalue weighted by atomic mass is 16.6. The number of nitrogens with zero attached hydrogens (tertiary/aromatic N) is 2. The molecule has 0 saturated heterocycles. The Morgan fingerprint density at radius 2 is 2.09 bits per heavy atom. The molecule has 0 saturated carbocycles. The first-order valence-electron chi connectivity index (χ1n) is 6.58. The van der Waals surface area contributed by atoms with Crippen LogP contribution in [0.15, 0.2) is 46.9 Å². The van der Waals surface area contributed by atoms with Gasteiger partial charge in [0.15, 0.2) is 5.58 Å². The number of fused-ring (bicyclic) bond motifs is 1. The van der Waals surface area contributed by atoms with E-state index in [2.05, 4.69) is 15.0 Å². The Balaban J connectivity index is 2.06. The molecule has 8 nitrogen and oxygen atoms in total. The van der Waals surface area contributed by atoms with Crippen LogP contribution in [-0.4, -0.2) is 23.1 Å². The molecule has 0 fully saturated rings. The molecule has 0 bridgehead atoms. The number of nitro groups is 1. The third-order valence-electron chi connectivity index (χ3n) is 3.16. The number of nitrogens with one attached hydrogen (secondary N) is 1. The number of non-ortho nitro benzene ring substituents is 1. The molecule has 0 aliphatic heterocycles. The van der Waals surface area contributed by atoms with Crippen LogP contribution in [-0.2, 0) is 4.74 Å². The van der Waals surface area contributed by atoms with Gasteiger partial charge in [-0.3, -0.25) is 15.4 Å². The van der Waals surface area contributed by atoms with Crippen LogP contribution in [0.1, 0.15) is 0 Å². The van der Waals surface area contributed by atoms with Gasteiger partial charge in [0.05, 0.1) is 29.4 Å². The van der Waals surface area contributed by atoms with Gasteiger partial charge in [-0.2, -0.15) is 0 Å². The van der Waals surface area contributed by atoms with Gasteiger partial charge >= 0.3 is 6.09 Å². The molecule has 0 radical (unpaired) electrons. The predicted octanol–water partition coefficient (Wildman–Crippen LogP) is 3.58. The third-order valence-corrected chi connectivity index (χ3v) is 3.16. The van der Waals surface area contributed by atoms with Crippen molar-refractivity contribution in [3.8, 4) is 11.5 Å². The van der Waals surface area contributed by atoms with E-state index in [9.17, 15) is 14.9 Å². The Labute approximate surface area is 129 Å². The zero-order chi connectivity index (χ0) is 16.4. The van der Waals surface area contributed by atoms with Gasteiger partial charge in [0.1, 0.15) is 5.52 Å². The van der Waals surface area contributed by atoms with Crippen LogP contribution < -0.4 is 5.32 Å². The summed E-state index contributed by atoms with van der Waals surface area (Å²) in [5, 5.41) is 13.4. The molecule has 2 aromatic carbocycles. The zero-order valence-corrected chi connectivity index (χ0v) is 12.0. The van der Waals surface area contributed by atoms with Gasteiger partial charge in [0, 0.05) is 6.07 Å². The number of hydrogen-bond acceptors (Lipinski definition) is 6. The third kappa shape index (κ3) is 2.82. The van der Waals surface area contributed by atoms with E-state index < -0.39 is 11.0 Å². The van der Waals surface area contributed by atoms with Crippen molar-refractivity contribution in [1.82, 2.24) is 4.98 Å². The van der Waals surface area contributed by atoms with Crippen molar-refractivity contribution >= 4 is 28.6 Å². The van der Waals surface area contributed by atoms with E-state index in [-0.39, 0.29) is 11.6 Å². The van der Waals surface area contributed by atoms with Gasteiger partial charge in [-0.25, -0.2) is 9.78 Å². The summed E-state index contributed by atoms with van der Waals surface area (Å²) in [5.41, 5.74) is 1.69. The van der Waals surface area contributed by atoms with Gasteiger partial charge in [0.25, 0.3) is 5.69 Å². The van der Waals surface area contributed by atoms with Crippen molar-refractivity contribution in [2.45, 2.75) is 0 Å². The van der Waals surface area contributed by atoms with Gasteiger partial charge in [-0.05, 0) is 18.2 Å². The number of nitro benzene ring substituents is 1. The summed E-state index contributed by atoms with van der Waals surface area (Å²) >= 11 is 0. The van der Waals surface area contributed by atoms with Gasteiger partial charge < -0.3 is 9.15 Å². The number of carbonyl (C=O) groups is 1. The van der Waals surface area contributed by atoms with Crippen LogP contribution in [0, 0.1) is 10.1 Å². The molecule has 0 aliphatic carbocycles. The van der Waals surface area contributed by atoms with Crippen molar-refractivity contribution < 1.29 is 18.9 Å². The number of hydrogen-bond donors (Lipinski definition) is 1. The highest BCUT2D eigenvalue weighted by Crippen LogP contribution is 2.31. The summed E-state index contributed by atoms with van der Waals surface area (Å²) in [5.74, 6) is 0.243. The maximum absolute atomic E-state index is 11.4. The SMILES string of the molecule is COC(=O)Nc1ccccc1-c1nc2ccc([N+](=O)[O-])cc2o1. The molecular formula is C15H11N3O5. The van der Waals surface area contributed by atoms with Gasteiger partial charge in [-0.15, -0.1) is 0 Å². The number of aromatic nitrogens is 1. The van der Waals surface area contributed by atoms with Crippen molar-refractivity contribution in [2.24, 2.45) is 0 Å². The lowest BCUT2D eigenvalue weighted by Crippen LogP contribution is -2.11. The van der Waals surface area contributed by atoms with E-state index in [1.165, 1.54) is 25.3 Å². The van der Waals surface area contributed by atoms with Crippen LogP contribution >= 0.6 is 0 Å². The fourth-order valence-corrected chi connectivity index (χ4v) is 2.08. The van der Waals surface area contributed by atoms with Gasteiger partial charge in [-0.1, -0.05) is 12.1 Å². The van der Waals surface area contributed by atoms with Crippen molar-refractivity contribution in [3.05, 3.63) is 52.6 Å². The molecule has 0 atom stereocenters. The van der Waals surface area contributed by atoms with Crippen molar-refractivity contribution in [1.29, 1.82) is 0 Å². The lowest BCUT2D eigenvalue weighted by molar-refractivity contribution is -0.384. The monoisotopic (exact) mass is 313 g/mol. The van der Waals surface area contributed by atoms with E-state index in [1.807, 2.05) is 0 Å². The molecule has 3 rings (SSSR count). The minimum atomic E-state index is -0.621. The second kappa shape index (κ2) is 5.76. The van der Waals surface area contributed by atoms with Crippen LogP contribution in [0.4, 0.5) is 16.2 Å². The first-order chi connectivity index (χ1) is 11.1. The second-order valence-corrected chi connectivity index (χ2v) is 4.59. The number of oxazole rings is 1. The minimum absolute atomic E-state index is 0.0822. The molecule has 1 heterocycles. The largest absolute Gasteiger partial charge is 0.453 e. The Morgan fingerprint density at radius 3 is 2.83 bits per heavy atom. The molecule has 1 amide bonds. The highest BCUT2D eigenvalue weighted by Gasteiger charge is 2.16. The molecule has 0 aliphatic rings. The number of methoxy groups -OCH3 is 1. The second-order valence-electron chi connectivity index (χ2n) is 4.59. The van der Waals surface area contributed by atoms with Crippen LogP contribution in [0.5, 0.6) is 0 Å². The van der Waals surface area contributed by atoms with Crippen LogP contribution in [0.2, 0.25) is 0 Å². The smallest absolute Gasteiger partial charge is 0.411 e. The lowest BCUT2D eigenvalue weighted by atomic mass is 10.2. The summed E-state index contributed by atoms with van der Waals surface area (Å²) in [6.45, 7) is 0. The van der Waals surface area contributed by atoms with E-state index in [0.29, 0.717) is 22.4 Å². The summed E-state index contributed by atoms with van der Waals surface area (Å²) in [6.07, 6.45) is -0.621. The number of carbonyl (C=O) groups excluding carboxylic acids is 1. The molecule has 0 spiro atoms. The number of amides is 1. The fraction of sp³-hybridized carbons (Fsp3) is 0.0667. The first kappa shape index (κ1) is 14.5. The molecule has 116 valence electrons. The van der Waals surface area contributed by atoms with Gasteiger partial charge in [0.2, 0.25) is 5.89 Å². The molecule has 1 aromatic heterocycles. The molecular weight excluding hydrogens is 302 g/mol. The number of benzene rings is 2. The maximum atomic E-state index is 11.4. The Bertz CT molecular complexity index is 903. The summed E-state index contributed by atoms with van der Waals surface area (Å²) in [4.78, 5) is 26.0. The standard InChI is InChI=1S/C15H11N3O5/c1-22-15(19)17-11-5-3-2-4-10(11)14-16-12-7-6-9(18(20)21)8-13(12)23-14/h2-8H,1H3,(H,17,19). The number of rotatable bonds is 3. The van der Waals surface area contributed by atoms with Crippen molar-refractivity contribution in [3.63, 3.8) is 0 Å². The topological polar surface area (TPSA) is 108 Å².